The van der Waals surface area contributed by atoms with Crippen LogP contribution in [-0.2, 0) is 4.79 Å². The SMILES string of the molecule is CCNC(=O)N1CCN(CCC(=O)Nc2cccc(F)c2)CC1. The molecule has 0 aliphatic carbocycles. The number of nitrogens with zero attached hydrogens (tertiary/aromatic N) is 2. The Labute approximate surface area is 135 Å². The summed E-state index contributed by atoms with van der Waals surface area (Å²) in [5.74, 6) is -0.508. The molecule has 1 aliphatic rings. The van der Waals surface area contributed by atoms with Crippen LogP contribution in [0, 0.1) is 5.82 Å². The Hall–Kier alpha value is -2.15. The second kappa shape index (κ2) is 8.47. The molecule has 1 aromatic carbocycles. The Bertz CT molecular complexity index is 545. The lowest BCUT2D eigenvalue weighted by atomic mass is 10.2. The van der Waals surface area contributed by atoms with Crippen LogP contribution in [0.2, 0.25) is 0 Å². The second-order valence-corrected chi connectivity index (χ2v) is 5.47. The largest absolute Gasteiger partial charge is 0.338 e. The third-order valence-corrected chi connectivity index (χ3v) is 3.75. The molecule has 1 saturated heterocycles. The van der Waals surface area contributed by atoms with Gasteiger partial charge in [0.25, 0.3) is 0 Å². The molecule has 0 saturated carbocycles. The van der Waals surface area contributed by atoms with Gasteiger partial charge < -0.3 is 15.5 Å². The first kappa shape index (κ1) is 17.2. The number of halogens is 1. The highest BCUT2D eigenvalue weighted by Gasteiger charge is 2.20. The van der Waals surface area contributed by atoms with Gasteiger partial charge in [-0.15, -0.1) is 0 Å². The molecule has 1 aromatic rings. The Kier molecular flexibility index (Phi) is 6.34. The number of rotatable bonds is 5. The first-order chi connectivity index (χ1) is 11.1. The van der Waals surface area contributed by atoms with E-state index >= 15 is 0 Å². The fourth-order valence-corrected chi connectivity index (χ4v) is 2.49. The highest BCUT2D eigenvalue weighted by molar-refractivity contribution is 5.90. The van der Waals surface area contributed by atoms with E-state index in [0.717, 1.165) is 13.1 Å². The molecule has 0 bridgehead atoms. The van der Waals surface area contributed by atoms with Crippen LogP contribution in [0.3, 0.4) is 0 Å². The van der Waals surface area contributed by atoms with Crippen LogP contribution >= 0.6 is 0 Å². The fourth-order valence-electron chi connectivity index (χ4n) is 2.49. The highest BCUT2D eigenvalue weighted by Crippen LogP contribution is 2.10. The molecule has 2 N–H and O–H groups in total. The quantitative estimate of drug-likeness (QED) is 0.863. The second-order valence-electron chi connectivity index (χ2n) is 5.47. The van der Waals surface area contributed by atoms with E-state index in [2.05, 4.69) is 15.5 Å². The molecule has 3 amide bonds. The van der Waals surface area contributed by atoms with Gasteiger partial charge in [-0.3, -0.25) is 9.69 Å². The van der Waals surface area contributed by atoms with Gasteiger partial charge in [-0.2, -0.15) is 0 Å². The topological polar surface area (TPSA) is 64.7 Å². The summed E-state index contributed by atoms with van der Waals surface area (Å²) in [6, 6.07) is 5.82. The van der Waals surface area contributed by atoms with Gasteiger partial charge in [0.05, 0.1) is 0 Å². The Morgan fingerprint density at radius 2 is 1.96 bits per heavy atom. The summed E-state index contributed by atoms with van der Waals surface area (Å²) in [6.07, 6.45) is 0.345. The number of hydrogen-bond acceptors (Lipinski definition) is 3. The van der Waals surface area contributed by atoms with E-state index in [1.165, 1.54) is 12.1 Å². The maximum Gasteiger partial charge on any atom is 0.317 e. The molecular formula is C16H23FN4O2. The molecule has 0 unspecified atom stereocenters. The molecule has 7 heteroatoms. The Balaban J connectivity index is 1.69. The van der Waals surface area contributed by atoms with Gasteiger partial charge in [-0.25, -0.2) is 9.18 Å². The van der Waals surface area contributed by atoms with E-state index in [4.69, 9.17) is 0 Å². The smallest absolute Gasteiger partial charge is 0.317 e. The minimum atomic E-state index is -0.371. The number of urea groups is 1. The number of amides is 3. The molecule has 6 nitrogen and oxygen atoms in total. The van der Waals surface area contributed by atoms with Crippen molar-refractivity contribution in [3.8, 4) is 0 Å². The standard InChI is InChI=1S/C16H23FN4O2/c1-2-18-16(23)21-10-8-20(9-11-21)7-6-15(22)19-14-5-3-4-13(17)12-14/h3-5,12H,2,6-11H2,1H3,(H,18,23)(H,19,22). The van der Waals surface area contributed by atoms with Crippen LogP contribution in [0.4, 0.5) is 14.9 Å². The highest BCUT2D eigenvalue weighted by atomic mass is 19.1. The lowest BCUT2D eigenvalue weighted by Gasteiger charge is -2.34. The molecular weight excluding hydrogens is 299 g/mol. The van der Waals surface area contributed by atoms with Crippen molar-refractivity contribution in [1.29, 1.82) is 0 Å². The normalized spacial score (nSPS) is 15.3. The van der Waals surface area contributed by atoms with Crippen LogP contribution in [-0.4, -0.2) is 61.0 Å². The predicted octanol–water partition coefficient (Wildman–Crippen LogP) is 1.50. The molecule has 2 rings (SSSR count). The van der Waals surface area contributed by atoms with Gasteiger partial charge in [0.1, 0.15) is 5.82 Å². The first-order valence-corrected chi connectivity index (χ1v) is 7.89. The average molecular weight is 322 g/mol. The van der Waals surface area contributed by atoms with Crippen molar-refractivity contribution in [1.82, 2.24) is 15.1 Å². The van der Waals surface area contributed by atoms with E-state index in [9.17, 15) is 14.0 Å². The van der Waals surface area contributed by atoms with Gasteiger partial charge in [0, 0.05) is 51.4 Å². The van der Waals surface area contributed by atoms with E-state index < -0.39 is 0 Å². The molecule has 0 atom stereocenters. The van der Waals surface area contributed by atoms with Gasteiger partial charge in [-0.1, -0.05) is 6.07 Å². The van der Waals surface area contributed by atoms with Crippen molar-refractivity contribution >= 4 is 17.6 Å². The number of carbonyl (C=O) groups excluding carboxylic acids is 2. The maximum atomic E-state index is 13.1. The lowest BCUT2D eigenvalue weighted by Crippen LogP contribution is -2.52. The molecule has 23 heavy (non-hydrogen) atoms. The fraction of sp³-hybridized carbons (Fsp3) is 0.500. The minimum absolute atomic E-state index is 0.0315. The van der Waals surface area contributed by atoms with E-state index in [1.54, 1.807) is 17.0 Å². The zero-order chi connectivity index (χ0) is 16.7. The summed E-state index contributed by atoms with van der Waals surface area (Å²) in [5.41, 5.74) is 0.469. The summed E-state index contributed by atoms with van der Waals surface area (Å²) in [4.78, 5) is 27.5. The summed E-state index contributed by atoms with van der Waals surface area (Å²) in [5, 5.41) is 5.47. The third kappa shape index (κ3) is 5.52. The Morgan fingerprint density at radius 1 is 1.22 bits per heavy atom. The van der Waals surface area contributed by atoms with Crippen molar-refractivity contribution in [2.24, 2.45) is 0 Å². The third-order valence-electron chi connectivity index (χ3n) is 3.75. The zero-order valence-electron chi connectivity index (χ0n) is 13.3. The first-order valence-electron chi connectivity index (χ1n) is 7.89. The van der Waals surface area contributed by atoms with Crippen molar-refractivity contribution in [3.63, 3.8) is 0 Å². The van der Waals surface area contributed by atoms with Crippen molar-refractivity contribution in [3.05, 3.63) is 30.1 Å². The molecule has 0 radical (unpaired) electrons. The molecule has 1 heterocycles. The van der Waals surface area contributed by atoms with Gasteiger partial charge in [-0.05, 0) is 25.1 Å². The van der Waals surface area contributed by atoms with Crippen molar-refractivity contribution in [2.75, 3.05) is 44.6 Å². The lowest BCUT2D eigenvalue weighted by molar-refractivity contribution is -0.116. The summed E-state index contributed by atoms with van der Waals surface area (Å²) < 4.78 is 13.1. The van der Waals surface area contributed by atoms with Crippen molar-refractivity contribution < 1.29 is 14.0 Å². The number of carbonyl (C=O) groups is 2. The van der Waals surface area contributed by atoms with Gasteiger partial charge >= 0.3 is 6.03 Å². The van der Waals surface area contributed by atoms with Crippen LogP contribution in [0.1, 0.15) is 13.3 Å². The van der Waals surface area contributed by atoms with Crippen LogP contribution in [0.5, 0.6) is 0 Å². The molecule has 0 spiro atoms. The zero-order valence-corrected chi connectivity index (χ0v) is 13.3. The van der Waals surface area contributed by atoms with Gasteiger partial charge in [0.2, 0.25) is 5.91 Å². The summed E-state index contributed by atoms with van der Waals surface area (Å²) in [6.45, 7) is 5.98. The minimum Gasteiger partial charge on any atom is -0.338 e. The predicted molar refractivity (Wildman–Crippen MR) is 86.7 cm³/mol. The number of anilines is 1. The molecule has 1 fully saturated rings. The molecule has 126 valence electrons. The van der Waals surface area contributed by atoms with Crippen molar-refractivity contribution in [2.45, 2.75) is 13.3 Å². The maximum absolute atomic E-state index is 13.1. The summed E-state index contributed by atoms with van der Waals surface area (Å²) >= 11 is 0. The monoisotopic (exact) mass is 322 g/mol. The average Bonchev–Trinajstić information content (AvgIpc) is 2.54. The van der Waals surface area contributed by atoms with Crippen LogP contribution in [0.25, 0.3) is 0 Å². The number of hydrogen-bond donors (Lipinski definition) is 2. The summed E-state index contributed by atoms with van der Waals surface area (Å²) in [7, 11) is 0. The van der Waals surface area contributed by atoms with Gasteiger partial charge in [0.15, 0.2) is 0 Å². The van der Waals surface area contributed by atoms with E-state index in [0.29, 0.717) is 38.3 Å². The van der Waals surface area contributed by atoms with E-state index in [1.807, 2.05) is 6.92 Å². The molecule has 1 aliphatic heterocycles. The number of piperazine rings is 1. The van der Waals surface area contributed by atoms with E-state index in [-0.39, 0.29) is 17.8 Å². The number of benzene rings is 1. The number of nitrogens with one attached hydrogen (secondary N) is 2. The molecule has 0 aromatic heterocycles. The Morgan fingerprint density at radius 3 is 2.61 bits per heavy atom. The van der Waals surface area contributed by atoms with Crippen LogP contribution in [0.15, 0.2) is 24.3 Å². The van der Waals surface area contributed by atoms with Crippen LogP contribution < -0.4 is 10.6 Å².